The van der Waals surface area contributed by atoms with Gasteiger partial charge in [-0.15, -0.1) is 0 Å². The number of nitrogens with zero attached hydrogens (tertiary/aromatic N) is 1. The van der Waals surface area contributed by atoms with E-state index in [0.29, 0.717) is 11.6 Å². The Morgan fingerprint density at radius 2 is 1.88 bits per heavy atom. The first kappa shape index (κ1) is 24.3. The van der Waals surface area contributed by atoms with E-state index < -0.39 is 15.9 Å². The molecule has 10 heteroatoms. The Bertz CT molecular complexity index is 1230. The van der Waals surface area contributed by atoms with Gasteiger partial charge >= 0.3 is 0 Å². The van der Waals surface area contributed by atoms with Crippen LogP contribution in [0.25, 0.3) is 0 Å². The van der Waals surface area contributed by atoms with Crippen LogP contribution in [0.5, 0.6) is 11.6 Å². The summed E-state index contributed by atoms with van der Waals surface area (Å²) in [5.74, 6) is 0.391. The van der Waals surface area contributed by atoms with E-state index in [1.807, 2.05) is 13.8 Å². The highest BCUT2D eigenvalue weighted by Gasteiger charge is 2.21. The van der Waals surface area contributed by atoms with Crippen molar-refractivity contribution in [1.82, 2.24) is 10.3 Å². The number of nitrogens with one attached hydrogen (secondary N) is 2. The van der Waals surface area contributed by atoms with Gasteiger partial charge in [-0.1, -0.05) is 29.8 Å². The maximum atomic E-state index is 13.0. The number of para-hydroxylation sites is 2. The van der Waals surface area contributed by atoms with Crippen LogP contribution in [0.3, 0.4) is 0 Å². The van der Waals surface area contributed by atoms with Crippen LogP contribution >= 0.6 is 11.6 Å². The van der Waals surface area contributed by atoms with Crippen LogP contribution in [0.1, 0.15) is 29.8 Å². The van der Waals surface area contributed by atoms with Gasteiger partial charge in [0, 0.05) is 24.4 Å². The Kier molecular flexibility index (Phi) is 7.78. The number of rotatable bonds is 9. The summed E-state index contributed by atoms with van der Waals surface area (Å²) in [5.41, 5.74) is 1.16. The number of aromatic nitrogens is 1. The van der Waals surface area contributed by atoms with Crippen LogP contribution in [-0.4, -0.2) is 32.5 Å². The van der Waals surface area contributed by atoms with Crippen molar-refractivity contribution in [2.45, 2.75) is 31.4 Å². The van der Waals surface area contributed by atoms with Gasteiger partial charge in [-0.25, -0.2) is 13.4 Å². The van der Waals surface area contributed by atoms with Crippen molar-refractivity contribution in [3.63, 3.8) is 0 Å². The summed E-state index contributed by atoms with van der Waals surface area (Å²) in [5, 5.41) is 2.73. The average molecular weight is 490 g/mol. The van der Waals surface area contributed by atoms with Crippen molar-refractivity contribution in [3.05, 3.63) is 76.9 Å². The van der Waals surface area contributed by atoms with Gasteiger partial charge in [0.05, 0.1) is 23.9 Å². The molecule has 0 aliphatic heterocycles. The number of carbonyl (C=O) groups excluding carboxylic acids is 1. The second kappa shape index (κ2) is 10.5. The second-order valence-corrected chi connectivity index (χ2v) is 9.36. The molecule has 1 amide bonds. The van der Waals surface area contributed by atoms with Gasteiger partial charge in [0.15, 0.2) is 0 Å². The highest BCUT2D eigenvalue weighted by atomic mass is 35.5. The van der Waals surface area contributed by atoms with Crippen LogP contribution in [0.4, 0.5) is 5.69 Å². The van der Waals surface area contributed by atoms with Gasteiger partial charge < -0.3 is 14.8 Å². The van der Waals surface area contributed by atoms with Crippen molar-refractivity contribution in [3.8, 4) is 11.6 Å². The van der Waals surface area contributed by atoms with Crippen molar-refractivity contribution in [1.29, 1.82) is 0 Å². The Hall–Kier alpha value is -3.30. The van der Waals surface area contributed by atoms with Crippen LogP contribution in [0.15, 0.2) is 65.7 Å². The Labute approximate surface area is 198 Å². The third-order valence-corrected chi connectivity index (χ3v) is 6.29. The number of ether oxygens (including phenoxy) is 2. The first-order valence-electron chi connectivity index (χ1n) is 10.0. The standard InChI is InChI=1S/C23H24ClN3O5S/c1-15(2)32-22-11-8-16(13-25-22)14-26-23(28)17-9-10-18(24)21(12-17)33(29,30)27-19-6-4-5-7-20(19)31-3/h4-13,15,27H,14H2,1-3H3,(H,26,28). The zero-order valence-corrected chi connectivity index (χ0v) is 19.9. The fourth-order valence-corrected chi connectivity index (χ4v) is 4.49. The fourth-order valence-electron chi connectivity index (χ4n) is 2.89. The molecule has 0 unspecified atom stereocenters. The topological polar surface area (TPSA) is 107 Å². The molecule has 0 fully saturated rings. The number of amides is 1. The predicted molar refractivity (Wildman–Crippen MR) is 126 cm³/mol. The molecule has 2 aromatic carbocycles. The largest absolute Gasteiger partial charge is 0.495 e. The Morgan fingerprint density at radius 3 is 2.55 bits per heavy atom. The number of sulfonamides is 1. The number of halogens is 1. The van der Waals surface area contributed by atoms with Gasteiger partial charge in [0.2, 0.25) is 5.88 Å². The van der Waals surface area contributed by atoms with Gasteiger partial charge in [0.1, 0.15) is 10.6 Å². The minimum Gasteiger partial charge on any atom is -0.495 e. The fraction of sp³-hybridized carbons (Fsp3) is 0.217. The number of benzene rings is 2. The number of hydrogen-bond acceptors (Lipinski definition) is 6. The summed E-state index contributed by atoms with van der Waals surface area (Å²) in [6, 6.07) is 14.1. The number of carbonyl (C=O) groups is 1. The van der Waals surface area contributed by atoms with Crippen LogP contribution in [0, 0.1) is 0 Å². The Balaban J connectivity index is 1.74. The lowest BCUT2D eigenvalue weighted by molar-refractivity contribution is 0.0950. The molecular weight excluding hydrogens is 466 g/mol. The summed E-state index contributed by atoms with van der Waals surface area (Å²) in [6.07, 6.45) is 1.61. The molecule has 0 aliphatic rings. The molecule has 3 rings (SSSR count). The lowest BCUT2D eigenvalue weighted by Gasteiger charge is -2.13. The predicted octanol–water partition coefficient (Wildman–Crippen LogP) is 4.26. The average Bonchev–Trinajstić information content (AvgIpc) is 2.78. The molecule has 3 aromatic rings. The quantitative estimate of drug-likeness (QED) is 0.465. The van der Waals surface area contributed by atoms with Gasteiger partial charge in [-0.2, -0.15) is 0 Å². The normalized spacial score (nSPS) is 11.2. The van der Waals surface area contributed by atoms with Crippen LogP contribution in [0.2, 0.25) is 5.02 Å². The molecule has 8 nitrogen and oxygen atoms in total. The third-order valence-electron chi connectivity index (χ3n) is 4.44. The maximum absolute atomic E-state index is 13.0. The summed E-state index contributed by atoms with van der Waals surface area (Å²) in [7, 11) is -2.64. The molecule has 174 valence electrons. The molecule has 2 N–H and O–H groups in total. The molecular formula is C23H24ClN3O5S. The lowest BCUT2D eigenvalue weighted by atomic mass is 10.2. The molecule has 0 aliphatic carbocycles. The molecule has 33 heavy (non-hydrogen) atoms. The summed E-state index contributed by atoms with van der Waals surface area (Å²) in [4.78, 5) is 16.6. The molecule has 0 spiro atoms. The van der Waals surface area contributed by atoms with Crippen molar-refractivity contribution in [2.24, 2.45) is 0 Å². The smallest absolute Gasteiger partial charge is 0.263 e. The van der Waals surface area contributed by atoms with E-state index in [1.54, 1.807) is 42.6 Å². The summed E-state index contributed by atoms with van der Waals surface area (Å²) in [6.45, 7) is 4.02. The van der Waals surface area contributed by atoms with E-state index in [4.69, 9.17) is 21.1 Å². The summed E-state index contributed by atoms with van der Waals surface area (Å²) < 4.78 is 39.0. The van der Waals surface area contributed by atoms with E-state index in [-0.39, 0.29) is 33.8 Å². The van der Waals surface area contributed by atoms with E-state index in [0.717, 1.165) is 5.56 Å². The molecule has 1 aromatic heterocycles. The summed E-state index contributed by atoms with van der Waals surface area (Å²) >= 11 is 6.15. The third kappa shape index (κ3) is 6.36. The molecule has 0 saturated heterocycles. The number of methoxy groups -OCH3 is 1. The second-order valence-electron chi connectivity index (χ2n) is 7.30. The van der Waals surface area contributed by atoms with Gasteiger partial charge in [0.25, 0.3) is 15.9 Å². The highest BCUT2D eigenvalue weighted by Crippen LogP contribution is 2.29. The molecule has 1 heterocycles. The zero-order valence-electron chi connectivity index (χ0n) is 18.3. The van der Waals surface area contributed by atoms with Gasteiger partial charge in [-0.3, -0.25) is 9.52 Å². The zero-order chi connectivity index (χ0) is 24.0. The molecule has 0 saturated carbocycles. The molecule has 0 bridgehead atoms. The highest BCUT2D eigenvalue weighted by molar-refractivity contribution is 7.92. The Morgan fingerprint density at radius 1 is 1.12 bits per heavy atom. The van der Waals surface area contributed by atoms with Crippen molar-refractivity contribution < 1.29 is 22.7 Å². The van der Waals surface area contributed by atoms with E-state index in [9.17, 15) is 13.2 Å². The minimum absolute atomic E-state index is 0.0101. The SMILES string of the molecule is COc1ccccc1NS(=O)(=O)c1cc(C(=O)NCc2ccc(OC(C)C)nc2)ccc1Cl. The lowest BCUT2D eigenvalue weighted by Crippen LogP contribution is -2.23. The van der Waals surface area contributed by atoms with E-state index in [2.05, 4.69) is 15.0 Å². The molecule has 0 radical (unpaired) electrons. The first-order chi connectivity index (χ1) is 15.7. The monoisotopic (exact) mass is 489 g/mol. The van der Waals surface area contributed by atoms with Crippen LogP contribution < -0.4 is 19.5 Å². The number of hydrogen-bond donors (Lipinski definition) is 2. The van der Waals surface area contributed by atoms with Crippen molar-refractivity contribution in [2.75, 3.05) is 11.8 Å². The number of anilines is 1. The number of pyridine rings is 1. The molecule has 0 atom stereocenters. The first-order valence-corrected chi connectivity index (χ1v) is 11.9. The maximum Gasteiger partial charge on any atom is 0.263 e. The minimum atomic E-state index is -4.08. The van der Waals surface area contributed by atoms with Crippen molar-refractivity contribution >= 4 is 33.2 Å². The van der Waals surface area contributed by atoms with Crippen LogP contribution in [-0.2, 0) is 16.6 Å². The van der Waals surface area contributed by atoms with Gasteiger partial charge in [-0.05, 0) is 49.7 Å². The van der Waals surface area contributed by atoms with E-state index in [1.165, 1.54) is 25.3 Å². The van der Waals surface area contributed by atoms with E-state index >= 15 is 0 Å².